The van der Waals surface area contributed by atoms with Crippen molar-refractivity contribution in [2.24, 2.45) is 17.3 Å². The number of hydrogen-bond acceptors (Lipinski definition) is 4. The van der Waals surface area contributed by atoms with E-state index in [1.807, 2.05) is 37.4 Å². The average molecular weight is 399 g/mol. The van der Waals surface area contributed by atoms with Crippen LogP contribution in [0.4, 0.5) is 17.1 Å². The Morgan fingerprint density at radius 2 is 1.59 bits per heavy atom. The molecule has 0 aliphatic rings. The first kappa shape index (κ1) is 17.5. The summed E-state index contributed by atoms with van der Waals surface area (Å²) in [4.78, 5) is 10.3. The van der Waals surface area contributed by atoms with Gasteiger partial charge in [-0.2, -0.15) is 5.11 Å². The summed E-state index contributed by atoms with van der Waals surface area (Å²) in [6.45, 7) is 0. The van der Waals surface area contributed by atoms with E-state index in [2.05, 4.69) is 26.9 Å². The second kappa shape index (κ2) is 6.64. The van der Waals surface area contributed by atoms with Crippen LogP contribution < -0.4 is 0 Å². The molecule has 1 aromatic heterocycles. The van der Waals surface area contributed by atoms with Gasteiger partial charge in [-0.05, 0) is 24.3 Å². The van der Waals surface area contributed by atoms with Crippen LogP contribution in [0.2, 0.25) is 10.0 Å². The van der Waals surface area contributed by atoms with Crippen LogP contribution in [0.15, 0.2) is 64.8 Å². The monoisotopic (exact) mass is 398 g/mol. The zero-order chi connectivity index (χ0) is 19.1. The van der Waals surface area contributed by atoms with E-state index in [0.717, 1.165) is 16.4 Å². The molecule has 0 aliphatic carbocycles. The van der Waals surface area contributed by atoms with Crippen molar-refractivity contribution in [2.75, 3.05) is 0 Å². The zero-order valence-electron chi connectivity index (χ0n) is 14.1. The zero-order valence-corrected chi connectivity index (χ0v) is 15.6. The Labute approximate surface area is 163 Å². The molecule has 4 rings (SSSR count). The highest BCUT2D eigenvalue weighted by Gasteiger charge is 2.14. The number of aromatic nitrogens is 1. The number of nitro groups is 1. The van der Waals surface area contributed by atoms with Gasteiger partial charge in [0.2, 0.25) is 0 Å². The summed E-state index contributed by atoms with van der Waals surface area (Å²) in [5, 5.41) is 21.6. The summed E-state index contributed by atoms with van der Waals surface area (Å²) >= 11 is 12.1. The van der Waals surface area contributed by atoms with E-state index in [4.69, 9.17) is 23.2 Å². The van der Waals surface area contributed by atoms with Crippen LogP contribution in [0.5, 0.6) is 0 Å². The maximum absolute atomic E-state index is 10.9. The highest BCUT2D eigenvalue weighted by Crippen LogP contribution is 2.38. The third kappa shape index (κ3) is 3.03. The van der Waals surface area contributed by atoms with Gasteiger partial charge in [-0.25, -0.2) is 0 Å². The number of aryl methyl sites for hydroxylation is 1. The first-order valence-electron chi connectivity index (χ1n) is 7.98. The van der Waals surface area contributed by atoms with Crippen molar-refractivity contribution in [3.8, 4) is 0 Å². The van der Waals surface area contributed by atoms with Gasteiger partial charge < -0.3 is 4.57 Å². The molecule has 0 fully saturated rings. The number of fused-ring (bicyclic) bond motifs is 3. The Morgan fingerprint density at radius 3 is 2.30 bits per heavy atom. The normalized spacial score (nSPS) is 11.7. The van der Waals surface area contributed by atoms with E-state index in [0.29, 0.717) is 5.69 Å². The Morgan fingerprint density at radius 1 is 0.926 bits per heavy atom. The van der Waals surface area contributed by atoms with Crippen LogP contribution >= 0.6 is 23.2 Å². The largest absolute Gasteiger partial charge is 0.344 e. The molecule has 0 spiro atoms. The number of para-hydroxylation sites is 1. The minimum atomic E-state index is -0.563. The van der Waals surface area contributed by atoms with Crippen molar-refractivity contribution < 1.29 is 4.92 Å². The second-order valence-electron chi connectivity index (χ2n) is 5.99. The molecule has 0 N–H and O–H groups in total. The molecule has 0 saturated carbocycles. The summed E-state index contributed by atoms with van der Waals surface area (Å²) in [7, 11) is 2.00. The molecule has 0 radical (unpaired) electrons. The Kier molecular flexibility index (Phi) is 4.30. The van der Waals surface area contributed by atoms with Gasteiger partial charge in [0.15, 0.2) is 0 Å². The fraction of sp³-hybridized carbons (Fsp3) is 0.0526. The number of nitro benzene ring substituents is 1. The van der Waals surface area contributed by atoms with E-state index in [1.54, 1.807) is 0 Å². The minimum absolute atomic E-state index is 0.0728. The van der Waals surface area contributed by atoms with E-state index < -0.39 is 4.92 Å². The number of non-ortho nitro benzene ring substituents is 1. The first-order valence-corrected chi connectivity index (χ1v) is 8.73. The van der Waals surface area contributed by atoms with E-state index >= 15 is 0 Å². The van der Waals surface area contributed by atoms with Crippen LogP contribution in [0.25, 0.3) is 21.8 Å². The third-order valence-electron chi connectivity index (χ3n) is 4.38. The predicted molar refractivity (Wildman–Crippen MR) is 108 cm³/mol. The predicted octanol–water partition coefficient (Wildman–Crippen LogP) is 6.96. The van der Waals surface area contributed by atoms with Gasteiger partial charge in [0.25, 0.3) is 5.69 Å². The lowest BCUT2D eigenvalue weighted by Crippen LogP contribution is -1.87. The summed E-state index contributed by atoms with van der Waals surface area (Å²) in [5.74, 6) is 0. The maximum Gasteiger partial charge on any atom is 0.272 e. The molecule has 0 bridgehead atoms. The third-order valence-corrected chi connectivity index (χ3v) is 4.95. The van der Waals surface area contributed by atoms with Crippen LogP contribution in [-0.4, -0.2) is 9.49 Å². The summed E-state index contributed by atoms with van der Waals surface area (Å²) in [6.07, 6.45) is 0. The van der Waals surface area contributed by atoms with Crippen LogP contribution in [-0.2, 0) is 7.05 Å². The van der Waals surface area contributed by atoms with Gasteiger partial charge in [-0.1, -0.05) is 41.4 Å². The number of benzene rings is 3. The molecule has 8 heteroatoms. The Hall–Kier alpha value is -2.96. The van der Waals surface area contributed by atoms with Crippen molar-refractivity contribution in [1.82, 2.24) is 4.57 Å². The minimum Gasteiger partial charge on any atom is -0.344 e. The van der Waals surface area contributed by atoms with Gasteiger partial charge in [-0.3, -0.25) is 10.1 Å². The first-order chi connectivity index (χ1) is 13.0. The van der Waals surface area contributed by atoms with Gasteiger partial charge >= 0.3 is 0 Å². The standard InChI is InChI=1S/C19H12Cl2N4O2/c1-24-17-5-3-2-4-13(17)14-7-6-11(8-18(14)24)22-23-19-15(20)9-12(25(26)27)10-16(19)21/h2-10H,1H3. The lowest BCUT2D eigenvalue weighted by molar-refractivity contribution is -0.384. The van der Waals surface area contributed by atoms with Gasteiger partial charge in [0.05, 0.1) is 26.2 Å². The molecule has 1 heterocycles. The van der Waals surface area contributed by atoms with E-state index in [1.165, 1.54) is 17.5 Å². The number of nitrogens with zero attached hydrogens (tertiary/aromatic N) is 4. The molecule has 0 amide bonds. The molecule has 0 unspecified atom stereocenters. The summed E-state index contributed by atoms with van der Waals surface area (Å²) < 4.78 is 2.09. The maximum atomic E-state index is 10.9. The molecule has 4 aromatic rings. The van der Waals surface area contributed by atoms with Crippen LogP contribution in [0, 0.1) is 10.1 Å². The van der Waals surface area contributed by atoms with Crippen molar-refractivity contribution >= 4 is 62.1 Å². The number of hydrogen-bond donors (Lipinski definition) is 0. The fourth-order valence-electron chi connectivity index (χ4n) is 3.07. The summed E-state index contributed by atoms with van der Waals surface area (Å²) in [6, 6.07) is 16.3. The fourth-order valence-corrected chi connectivity index (χ4v) is 3.62. The van der Waals surface area contributed by atoms with Gasteiger partial charge in [-0.15, -0.1) is 5.11 Å². The van der Waals surface area contributed by atoms with Crippen LogP contribution in [0.1, 0.15) is 0 Å². The molecule has 3 aromatic carbocycles. The van der Waals surface area contributed by atoms with E-state index in [9.17, 15) is 10.1 Å². The highest BCUT2D eigenvalue weighted by molar-refractivity contribution is 6.39. The molecular formula is C19H12Cl2N4O2. The van der Waals surface area contributed by atoms with Crippen LogP contribution in [0.3, 0.4) is 0 Å². The average Bonchev–Trinajstić information content (AvgIpc) is 2.93. The van der Waals surface area contributed by atoms with Gasteiger partial charge in [0.1, 0.15) is 5.69 Å². The molecule has 0 saturated heterocycles. The second-order valence-corrected chi connectivity index (χ2v) is 6.81. The van der Waals surface area contributed by atoms with Gasteiger partial charge in [0, 0.05) is 35.5 Å². The lowest BCUT2D eigenvalue weighted by atomic mass is 10.1. The molecule has 27 heavy (non-hydrogen) atoms. The lowest BCUT2D eigenvalue weighted by Gasteiger charge is -2.01. The highest BCUT2D eigenvalue weighted by atomic mass is 35.5. The van der Waals surface area contributed by atoms with Crippen molar-refractivity contribution in [3.63, 3.8) is 0 Å². The Bertz CT molecular complexity index is 1220. The SMILES string of the molecule is Cn1c2ccccc2c2ccc(N=Nc3c(Cl)cc([N+](=O)[O-])cc3Cl)cc21. The number of halogens is 2. The topological polar surface area (TPSA) is 72.8 Å². The van der Waals surface area contributed by atoms with E-state index in [-0.39, 0.29) is 21.4 Å². The van der Waals surface area contributed by atoms with Crippen molar-refractivity contribution in [2.45, 2.75) is 0 Å². The molecule has 0 atom stereocenters. The molecule has 0 aliphatic heterocycles. The Balaban J connectivity index is 1.77. The number of rotatable bonds is 3. The molecular weight excluding hydrogens is 387 g/mol. The van der Waals surface area contributed by atoms with Crippen molar-refractivity contribution in [3.05, 3.63) is 74.8 Å². The summed E-state index contributed by atoms with van der Waals surface area (Å²) in [5.41, 5.74) is 2.78. The molecule has 6 nitrogen and oxygen atoms in total. The quantitative estimate of drug-likeness (QED) is 0.212. The van der Waals surface area contributed by atoms with Crippen molar-refractivity contribution in [1.29, 1.82) is 0 Å². The smallest absolute Gasteiger partial charge is 0.272 e. The number of azo groups is 1. The molecule has 134 valence electrons.